The molecule has 1 aromatic rings. The first kappa shape index (κ1) is 15.8. The molecule has 2 atom stereocenters. The average Bonchev–Trinajstić information content (AvgIpc) is 2.54. The Morgan fingerprint density at radius 3 is 2.81 bits per heavy atom. The van der Waals surface area contributed by atoms with Gasteiger partial charge in [0.05, 0.1) is 11.6 Å². The number of rotatable bonds is 6. The molecule has 0 aliphatic carbocycles. The van der Waals surface area contributed by atoms with E-state index in [1.165, 1.54) is 19.3 Å². The van der Waals surface area contributed by atoms with E-state index in [4.69, 9.17) is 10.00 Å². The van der Waals surface area contributed by atoms with Crippen LogP contribution in [0.3, 0.4) is 0 Å². The molecule has 4 heteroatoms. The number of nitrogens with zero attached hydrogens (tertiary/aromatic N) is 2. The molecule has 1 N–H and O–H groups in total. The number of ether oxygens (including phenoxy) is 1. The maximum atomic E-state index is 10.2. The van der Waals surface area contributed by atoms with Crippen LogP contribution in [0.2, 0.25) is 0 Å². The Hall–Kier alpha value is -1.57. The number of aliphatic hydroxyl groups excluding tert-OH is 1. The maximum absolute atomic E-state index is 10.2. The van der Waals surface area contributed by atoms with Crippen LogP contribution in [0.25, 0.3) is 0 Å². The number of hydrogen-bond acceptors (Lipinski definition) is 4. The van der Waals surface area contributed by atoms with Gasteiger partial charge in [0.1, 0.15) is 18.5 Å². The fourth-order valence-electron chi connectivity index (χ4n) is 2.90. The van der Waals surface area contributed by atoms with E-state index in [0.717, 1.165) is 13.0 Å². The second-order valence-electron chi connectivity index (χ2n) is 5.65. The molecule has 21 heavy (non-hydrogen) atoms. The van der Waals surface area contributed by atoms with Gasteiger partial charge in [0.2, 0.25) is 0 Å². The highest BCUT2D eigenvalue weighted by atomic mass is 16.5. The van der Waals surface area contributed by atoms with Crippen molar-refractivity contribution < 1.29 is 9.84 Å². The lowest BCUT2D eigenvalue weighted by Crippen LogP contribution is -2.44. The van der Waals surface area contributed by atoms with Gasteiger partial charge in [-0.3, -0.25) is 4.90 Å². The first-order valence-electron chi connectivity index (χ1n) is 7.78. The van der Waals surface area contributed by atoms with Gasteiger partial charge in [-0.15, -0.1) is 0 Å². The van der Waals surface area contributed by atoms with Crippen molar-refractivity contribution in [1.82, 2.24) is 4.90 Å². The minimum Gasteiger partial charge on any atom is -0.491 e. The van der Waals surface area contributed by atoms with Gasteiger partial charge in [-0.05, 0) is 50.1 Å². The fraction of sp³-hybridized carbons (Fsp3) is 0.588. The van der Waals surface area contributed by atoms with Crippen molar-refractivity contribution in [1.29, 1.82) is 5.26 Å². The molecule has 0 spiro atoms. The molecule has 114 valence electrons. The van der Waals surface area contributed by atoms with Crippen LogP contribution in [0.4, 0.5) is 0 Å². The summed E-state index contributed by atoms with van der Waals surface area (Å²) >= 11 is 0. The van der Waals surface area contributed by atoms with E-state index < -0.39 is 6.10 Å². The molecule has 2 rings (SSSR count). The highest BCUT2D eigenvalue weighted by Crippen LogP contribution is 2.19. The van der Waals surface area contributed by atoms with Crippen LogP contribution < -0.4 is 4.74 Å². The molecule has 1 fully saturated rings. The van der Waals surface area contributed by atoms with Crippen molar-refractivity contribution in [3.63, 3.8) is 0 Å². The number of piperidine rings is 1. The molecular formula is C17H24N2O2. The average molecular weight is 288 g/mol. The van der Waals surface area contributed by atoms with E-state index in [0.29, 0.717) is 30.5 Å². The molecule has 2 unspecified atom stereocenters. The Labute approximate surface area is 127 Å². The van der Waals surface area contributed by atoms with Crippen molar-refractivity contribution >= 4 is 0 Å². The minimum absolute atomic E-state index is 0.291. The largest absolute Gasteiger partial charge is 0.491 e. The molecule has 4 nitrogen and oxygen atoms in total. The molecule has 1 heterocycles. The summed E-state index contributed by atoms with van der Waals surface area (Å²) in [5, 5.41) is 18.9. The van der Waals surface area contributed by atoms with Crippen molar-refractivity contribution in [3.05, 3.63) is 29.8 Å². The molecule has 0 amide bonds. The zero-order chi connectivity index (χ0) is 15.1. The first-order chi connectivity index (χ1) is 10.2. The Kier molecular flexibility index (Phi) is 6.04. The Bertz CT molecular complexity index is 467. The van der Waals surface area contributed by atoms with E-state index >= 15 is 0 Å². The van der Waals surface area contributed by atoms with Crippen molar-refractivity contribution in [3.8, 4) is 11.8 Å². The molecule has 1 saturated heterocycles. The summed E-state index contributed by atoms with van der Waals surface area (Å²) in [7, 11) is 0. The Morgan fingerprint density at radius 2 is 2.14 bits per heavy atom. The summed E-state index contributed by atoms with van der Waals surface area (Å²) in [6, 6.07) is 9.65. The Morgan fingerprint density at radius 1 is 1.38 bits per heavy atom. The summed E-state index contributed by atoms with van der Waals surface area (Å²) in [4.78, 5) is 2.39. The van der Waals surface area contributed by atoms with Crippen molar-refractivity contribution in [2.24, 2.45) is 0 Å². The third kappa shape index (κ3) is 4.73. The number of benzene rings is 1. The molecule has 0 saturated carbocycles. The highest BCUT2D eigenvalue weighted by molar-refractivity contribution is 5.34. The highest BCUT2D eigenvalue weighted by Gasteiger charge is 2.22. The molecular weight excluding hydrogens is 264 g/mol. The van der Waals surface area contributed by atoms with Crippen LogP contribution >= 0.6 is 0 Å². The molecule has 1 aromatic carbocycles. The molecule has 0 bridgehead atoms. The summed E-state index contributed by atoms with van der Waals surface area (Å²) < 4.78 is 5.59. The minimum atomic E-state index is -0.479. The monoisotopic (exact) mass is 288 g/mol. The van der Waals surface area contributed by atoms with Gasteiger partial charge >= 0.3 is 0 Å². The van der Waals surface area contributed by atoms with Crippen LogP contribution in [-0.4, -0.2) is 41.8 Å². The van der Waals surface area contributed by atoms with Gasteiger partial charge in [-0.1, -0.05) is 13.3 Å². The second-order valence-corrected chi connectivity index (χ2v) is 5.65. The molecule has 0 aromatic heterocycles. The summed E-state index contributed by atoms with van der Waals surface area (Å²) in [5.41, 5.74) is 0.613. The number of likely N-dealkylation sites (tertiary alicyclic amines) is 1. The van der Waals surface area contributed by atoms with Crippen LogP contribution in [0.15, 0.2) is 24.3 Å². The smallest absolute Gasteiger partial charge is 0.119 e. The number of nitriles is 1. The zero-order valence-electron chi connectivity index (χ0n) is 12.7. The van der Waals surface area contributed by atoms with Gasteiger partial charge < -0.3 is 9.84 Å². The predicted molar refractivity (Wildman–Crippen MR) is 82.2 cm³/mol. The van der Waals surface area contributed by atoms with Gasteiger partial charge in [0.25, 0.3) is 0 Å². The van der Waals surface area contributed by atoms with E-state index in [-0.39, 0.29) is 0 Å². The third-order valence-corrected chi connectivity index (χ3v) is 4.09. The number of β-amino-alcohol motifs (C(OH)–C–C–N with tert-alkyl or cyclic N) is 1. The fourth-order valence-corrected chi connectivity index (χ4v) is 2.90. The van der Waals surface area contributed by atoms with E-state index in [1.807, 2.05) is 0 Å². The topological polar surface area (TPSA) is 56.5 Å². The first-order valence-corrected chi connectivity index (χ1v) is 7.78. The molecule has 1 aliphatic heterocycles. The number of aliphatic hydroxyl groups is 1. The van der Waals surface area contributed by atoms with Crippen LogP contribution in [0, 0.1) is 11.3 Å². The SMILES string of the molecule is CCC1CCCCN1CC(O)COc1ccc(C#N)cc1. The summed E-state index contributed by atoms with van der Waals surface area (Å²) in [6.07, 6.45) is 4.42. The quantitative estimate of drug-likeness (QED) is 0.874. The van der Waals surface area contributed by atoms with Gasteiger partial charge in [0.15, 0.2) is 0 Å². The van der Waals surface area contributed by atoms with Crippen LogP contribution in [0.5, 0.6) is 5.75 Å². The van der Waals surface area contributed by atoms with Crippen LogP contribution in [-0.2, 0) is 0 Å². The lowest BCUT2D eigenvalue weighted by atomic mass is 10.00. The van der Waals surface area contributed by atoms with Gasteiger partial charge in [-0.2, -0.15) is 5.26 Å². The van der Waals surface area contributed by atoms with Crippen molar-refractivity contribution in [2.75, 3.05) is 19.7 Å². The van der Waals surface area contributed by atoms with Gasteiger partial charge in [0, 0.05) is 12.6 Å². The van der Waals surface area contributed by atoms with Crippen LogP contribution in [0.1, 0.15) is 38.2 Å². The maximum Gasteiger partial charge on any atom is 0.119 e. The van der Waals surface area contributed by atoms with Crippen molar-refractivity contribution in [2.45, 2.75) is 44.8 Å². The van der Waals surface area contributed by atoms with E-state index in [9.17, 15) is 5.11 Å². The van der Waals surface area contributed by atoms with E-state index in [1.54, 1.807) is 24.3 Å². The lowest BCUT2D eigenvalue weighted by molar-refractivity contribution is 0.0387. The third-order valence-electron chi connectivity index (χ3n) is 4.09. The normalized spacial score (nSPS) is 20.7. The second kappa shape index (κ2) is 8.02. The lowest BCUT2D eigenvalue weighted by Gasteiger charge is -2.36. The standard InChI is InChI=1S/C17H24N2O2/c1-2-15-5-3-4-10-19(15)12-16(20)13-21-17-8-6-14(11-18)7-9-17/h6-9,15-16,20H,2-5,10,12-13H2,1H3. The molecule has 0 radical (unpaired) electrons. The predicted octanol–water partition coefficient (Wildman–Crippen LogP) is 2.56. The van der Waals surface area contributed by atoms with E-state index in [2.05, 4.69) is 17.9 Å². The summed E-state index contributed by atoms with van der Waals surface area (Å²) in [6.45, 7) is 4.25. The van der Waals surface area contributed by atoms with Gasteiger partial charge in [-0.25, -0.2) is 0 Å². The summed E-state index contributed by atoms with van der Waals surface area (Å²) in [5.74, 6) is 0.693. The molecule has 1 aliphatic rings. The Balaban J connectivity index is 1.78. The number of hydrogen-bond donors (Lipinski definition) is 1. The zero-order valence-corrected chi connectivity index (χ0v) is 12.7.